The van der Waals surface area contributed by atoms with Crippen molar-refractivity contribution in [3.05, 3.63) is 45.9 Å². The van der Waals surface area contributed by atoms with E-state index in [4.69, 9.17) is 4.74 Å². The molecule has 0 aliphatic rings. The number of aryl methyl sites for hydroxylation is 1. The summed E-state index contributed by atoms with van der Waals surface area (Å²) in [5.41, 5.74) is 3.63. The van der Waals surface area contributed by atoms with Crippen LogP contribution in [0.5, 0.6) is 5.75 Å². The van der Waals surface area contributed by atoms with Gasteiger partial charge in [0.25, 0.3) is 5.91 Å². The number of hydrogen-bond donors (Lipinski definition) is 2. The maximum absolute atomic E-state index is 12.4. The van der Waals surface area contributed by atoms with Crippen molar-refractivity contribution in [3.8, 4) is 5.75 Å². The lowest BCUT2D eigenvalue weighted by molar-refractivity contribution is -0.125. The normalized spacial score (nSPS) is 12.4. The monoisotopic (exact) mass is 418 g/mol. The largest absolute Gasteiger partial charge is 0.487 e. The number of ether oxygens (including phenoxy) is 2. The fourth-order valence-corrected chi connectivity index (χ4v) is 2.97. The summed E-state index contributed by atoms with van der Waals surface area (Å²) >= 11 is 1.59. The summed E-state index contributed by atoms with van der Waals surface area (Å²) < 4.78 is 10.3. The SMILES string of the molecule is COC(=O)N[C@H](C(=O)N/N=C\c1ccc(OCc2csc(C)n2)cc1)C(C)(C)C. The molecule has 2 rings (SSSR count). The first kappa shape index (κ1) is 22.4. The van der Waals surface area contributed by atoms with Crippen LogP contribution in [0.4, 0.5) is 4.79 Å². The zero-order chi connectivity index (χ0) is 21.4. The molecule has 1 heterocycles. The fourth-order valence-electron chi connectivity index (χ4n) is 2.37. The third kappa shape index (κ3) is 7.19. The number of rotatable bonds is 7. The van der Waals surface area contributed by atoms with E-state index in [9.17, 15) is 9.59 Å². The van der Waals surface area contributed by atoms with E-state index in [-0.39, 0.29) is 0 Å². The molecular weight excluding hydrogens is 392 g/mol. The Kier molecular flexibility index (Phi) is 7.72. The minimum absolute atomic E-state index is 0.412. The molecule has 29 heavy (non-hydrogen) atoms. The Hall–Kier alpha value is -2.94. The van der Waals surface area contributed by atoms with E-state index in [0.717, 1.165) is 16.3 Å². The second-order valence-corrected chi connectivity index (χ2v) is 8.45. The molecule has 2 aromatic rings. The Morgan fingerprint density at radius 1 is 1.28 bits per heavy atom. The van der Waals surface area contributed by atoms with Gasteiger partial charge in [-0.2, -0.15) is 5.10 Å². The molecule has 0 aliphatic heterocycles. The molecule has 0 radical (unpaired) electrons. The zero-order valence-electron chi connectivity index (χ0n) is 17.2. The van der Waals surface area contributed by atoms with Crippen molar-refractivity contribution in [2.45, 2.75) is 40.3 Å². The van der Waals surface area contributed by atoms with E-state index in [2.05, 4.69) is 25.6 Å². The Morgan fingerprint density at radius 2 is 1.97 bits per heavy atom. The van der Waals surface area contributed by atoms with Crippen LogP contribution in [0.3, 0.4) is 0 Å². The Balaban J connectivity index is 1.89. The number of alkyl carbamates (subject to hydrolysis) is 1. The van der Waals surface area contributed by atoms with Crippen molar-refractivity contribution < 1.29 is 19.1 Å². The van der Waals surface area contributed by atoms with Gasteiger partial charge in [-0.15, -0.1) is 11.3 Å². The van der Waals surface area contributed by atoms with E-state index < -0.39 is 23.5 Å². The lowest BCUT2D eigenvalue weighted by atomic mass is 9.86. The molecule has 8 nitrogen and oxygen atoms in total. The molecule has 156 valence electrons. The summed E-state index contributed by atoms with van der Waals surface area (Å²) in [7, 11) is 1.25. The van der Waals surface area contributed by atoms with Crippen molar-refractivity contribution in [1.82, 2.24) is 15.7 Å². The molecule has 1 atom stereocenters. The van der Waals surface area contributed by atoms with Gasteiger partial charge in [0, 0.05) is 5.38 Å². The number of hydrazone groups is 1. The minimum atomic E-state index is -0.794. The number of aromatic nitrogens is 1. The van der Waals surface area contributed by atoms with Gasteiger partial charge in [0.2, 0.25) is 0 Å². The third-order valence-corrected chi connectivity index (χ3v) is 4.72. The van der Waals surface area contributed by atoms with E-state index in [0.29, 0.717) is 12.4 Å². The standard InChI is InChI=1S/C20H26N4O4S/c1-13-22-15(12-29-13)11-28-16-8-6-14(7-9-16)10-21-24-18(25)17(20(2,3)4)23-19(26)27-5/h6-10,12,17H,11H2,1-5H3,(H,23,26)(H,24,25)/b21-10-/t17-/m1/s1. The first-order valence-electron chi connectivity index (χ1n) is 9.00. The summed E-state index contributed by atoms with van der Waals surface area (Å²) in [5, 5.41) is 9.47. The first-order chi connectivity index (χ1) is 13.7. The fraction of sp³-hybridized carbons (Fsp3) is 0.400. The van der Waals surface area contributed by atoms with Crippen LogP contribution in [0.25, 0.3) is 0 Å². The Morgan fingerprint density at radius 3 is 2.52 bits per heavy atom. The van der Waals surface area contributed by atoms with Gasteiger partial charge in [0.1, 0.15) is 18.4 Å². The maximum Gasteiger partial charge on any atom is 0.407 e. The summed E-state index contributed by atoms with van der Waals surface area (Å²) in [5.74, 6) is 0.282. The first-order valence-corrected chi connectivity index (χ1v) is 9.88. The zero-order valence-corrected chi connectivity index (χ0v) is 18.0. The predicted molar refractivity (Wildman–Crippen MR) is 112 cm³/mol. The number of thiazole rings is 1. The molecule has 0 saturated heterocycles. The number of carbonyl (C=O) groups is 2. The highest BCUT2D eigenvalue weighted by Gasteiger charge is 2.33. The smallest absolute Gasteiger partial charge is 0.407 e. The summed E-state index contributed by atoms with van der Waals surface area (Å²) in [6.07, 6.45) is 0.844. The molecule has 0 aliphatic carbocycles. The topological polar surface area (TPSA) is 102 Å². The number of methoxy groups -OCH3 is 1. The average Bonchev–Trinajstić information content (AvgIpc) is 3.09. The number of nitrogens with one attached hydrogen (secondary N) is 2. The molecule has 1 aromatic heterocycles. The van der Waals surface area contributed by atoms with Crippen LogP contribution < -0.4 is 15.5 Å². The van der Waals surface area contributed by atoms with E-state index in [1.165, 1.54) is 13.3 Å². The summed E-state index contributed by atoms with van der Waals surface area (Å²) in [4.78, 5) is 28.2. The van der Waals surface area contributed by atoms with Crippen LogP contribution in [0.1, 0.15) is 37.0 Å². The van der Waals surface area contributed by atoms with Gasteiger partial charge in [-0.25, -0.2) is 15.2 Å². The molecule has 0 unspecified atom stereocenters. The maximum atomic E-state index is 12.4. The molecule has 0 spiro atoms. The van der Waals surface area contributed by atoms with Crippen LogP contribution in [-0.2, 0) is 16.1 Å². The van der Waals surface area contributed by atoms with Gasteiger partial charge < -0.3 is 14.8 Å². The summed E-state index contributed by atoms with van der Waals surface area (Å²) in [6, 6.07) is 6.49. The van der Waals surface area contributed by atoms with Crippen molar-refractivity contribution in [2.24, 2.45) is 10.5 Å². The second kappa shape index (κ2) is 10.0. The van der Waals surface area contributed by atoms with E-state index in [1.807, 2.05) is 57.3 Å². The van der Waals surface area contributed by atoms with Crippen LogP contribution in [0.2, 0.25) is 0 Å². The molecule has 2 amide bonds. The average molecular weight is 419 g/mol. The van der Waals surface area contributed by atoms with Crippen molar-refractivity contribution in [2.75, 3.05) is 7.11 Å². The molecule has 9 heteroatoms. The number of nitrogens with zero attached hydrogens (tertiary/aromatic N) is 2. The van der Waals surface area contributed by atoms with Gasteiger partial charge >= 0.3 is 6.09 Å². The number of carbonyl (C=O) groups excluding carboxylic acids is 2. The van der Waals surface area contributed by atoms with Gasteiger partial charge in [0.05, 0.1) is 24.0 Å². The summed E-state index contributed by atoms with van der Waals surface area (Å²) in [6.45, 7) is 7.87. The molecule has 0 bridgehead atoms. The second-order valence-electron chi connectivity index (χ2n) is 7.38. The lowest BCUT2D eigenvalue weighted by Gasteiger charge is -2.28. The molecule has 0 fully saturated rings. The van der Waals surface area contributed by atoms with Gasteiger partial charge in [0.15, 0.2) is 0 Å². The number of hydrogen-bond acceptors (Lipinski definition) is 7. The van der Waals surface area contributed by atoms with Crippen molar-refractivity contribution in [1.29, 1.82) is 0 Å². The van der Waals surface area contributed by atoms with Gasteiger partial charge in [-0.3, -0.25) is 4.79 Å². The van der Waals surface area contributed by atoms with Crippen molar-refractivity contribution >= 4 is 29.6 Å². The van der Waals surface area contributed by atoms with Crippen LogP contribution in [0.15, 0.2) is 34.7 Å². The molecular formula is C20H26N4O4S. The molecule has 1 aromatic carbocycles. The Bertz CT molecular complexity index is 856. The quantitative estimate of drug-likeness (QED) is 0.531. The number of benzene rings is 1. The highest BCUT2D eigenvalue weighted by atomic mass is 32.1. The van der Waals surface area contributed by atoms with Gasteiger partial charge in [-0.1, -0.05) is 20.8 Å². The highest BCUT2D eigenvalue weighted by molar-refractivity contribution is 7.09. The van der Waals surface area contributed by atoms with Gasteiger partial charge in [-0.05, 0) is 42.2 Å². The highest BCUT2D eigenvalue weighted by Crippen LogP contribution is 2.19. The molecule has 2 N–H and O–H groups in total. The van der Waals surface area contributed by atoms with E-state index >= 15 is 0 Å². The third-order valence-electron chi connectivity index (χ3n) is 3.90. The van der Waals surface area contributed by atoms with Crippen LogP contribution in [0, 0.1) is 12.3 Å². The molecule has 0 saturated carbocycles. The van der Waals surface area contributed by atoms with Crippen LogP contribution in [-0.4, -0.2) is 36.4 Å². The number of amides is 2. The Labute approximate surface area is 174 Å². The lowest BCUT2D eigenvalue weighted by Crippen LogP contribution is -2.52. The van der Waals surface area contributed by atoms with Crippen molar-refractivity contribution in [3.63, 3.8) is 0 Å². The predicted octanol–water partition coefficient (Wildman–Crippen LogP) is 3.25. The van der Waals surface area contributed by atoms with E-state index in [1.54, 1.807) is 11.3 Å². The van der Waals surface area contributed by atoms with Crippen LogP contribution >= 0.6 is 11.3 Å². The minimum Gasteiger partial charge on any atom is -0.487 e.